The van der Waals surface area contributed by atoms with Crippen molar-refractivity contribution in [2.24, 2.45) is 12.8 Å². The molecule has 0 atom stereocenters. The second-order valence-corrected chi connectivity index (χ2v) is 6.29. The molecule has 0 bridgehead atoms. The van der Waals surface area contributed by atoms with Crippen LogP contribution in [0.25, 0.3) is 0 Å². The van der Waals surface area contributed by atoms with Crippen molar-refractivity contribution < 1.29 is 18.0 Å². The Kier molecular flexibility index (Phi) is 5.59. The van der Waals surface area contributed by atoms with Gasteiger partial charge in [0.15, 0.2) is 5.69 Å². The lowest BCUT2D eigenvalue weighted by Crippen LogP contribution is -2.16. The van der Waals surface area contributed by atoms with Crippen LogP contribution in [0, 0.1) is 11.3 Å². The third kappa shape index (κ3) is 4.49. The zero-order valence-electron chi connectivity index (χ0n) is 15.7. The van der Waals surface area contributed by atoms with Gasteiger partial charge in [-0.2, -0.15) is 23.5 Å². The molecule has 3 rings (SSSR count). The molecule has 0 aliphatic rings. The number of nitrogens with one attached hydrogen (secondary N) is 2. The Balaban J connectivity index is 1.92. The topological polar surface area (TPSA) is 122 Å². The summed E-state index contributed by atoms with van der Waals surface area (Å²) < 4.78 is 41.7. The number of hydrogen-bond donors (Lipinski definition) is 3. The minimum Gasteiger partial charge on any atom is -0.380 e. The largest absolute Gasteiger partial charge is 0.419 e. The second-order valence-electron chi connectivity index (χ2n) is 6.29. The van der Waals surface area contributed by atoms with Gasteiger partial charge in [0.05, 0.1) is 16.9 Å². The van der Waals surface area contributed by atoms with E-state index in [9.17, 15) is 18.0 Å². The molecule has 11 heteroatoms. The van der Waals surface area contributed by atoms with Gasteiger partial charge < -0.3 is 16.4 Å². The van der Waals surface area contributed by atoms with E-state index in [1.54, 1.807) is 25.2 Å². The predicted molar refractivity (Wildman–Crippen MR) is 103 cm³/mol. The lowest BCUT2D eigenvalue weighted by atomic mass is 10.1. The minimum absolute atomic E-state index is 0.0675. The van der Waals surface area contributed by atoms with E-state index in [1.807, 2.05) is 6.07 Å². The number of alkyl halides is 3. The first kappa shape index (κ1) is 20.7. The first-order chi connectivity index (χ1) is 14.2. The Morgan fingerprint density at radius 1 is 1.30 bits per heavy atom. The Morgan fingerprint density at radius 3 is 2.70 bits per heavy atom. The first-order valence-corrected chi connectivity index (χ1v) is 8.58. The maximum atomic E-state index is 13.4. The molecule has 0 radical (unpaired) electrons. The van der Waals surface area contributed by atoms with E-state index in [1.165, 1.54) is 23.0 Å². The van der Waals surface area contributed by atoms with Crippen LogP contribution in [0.15, 0.2) is 42.7 Å². The highest BCUT2D eigenvalue weighted by atomic mass is 19.4. The molecule has 0 aliphatic heterocycles. The number of aromatic nitrogens is 3. The van der Waals surface area contributed by atoms with E-state index in [-0.39, 0.29) is 29.3 Å². The number of nitriles is 1. The van der Waals surface area contributed by atoms with Gasteiger partial charge in [-0.05, 0) is 11.6 Å². The molecule has 0 saturated heterocycles. The number of aryl methyl sites for hydroxylation is 1. The van der Waals surface area contributed by atoms with Gasteiger partial charge in [-0.15, -0.1) is 0 Å². The molecular weight excluding hydrogens is 399 g/mol. The fourth-order valence-corrected chi connectivity index (χ4v) is 2.80. The van der Waals surface area contributed by atoms with Gasteiger partial charge in [0.2, 0.25) is 5.91 Å². The molecule has 154 valence electrons. The zero-order chi connectivity index (χ0) is 21.9. The van der Waals surface area contributed by atoms with Crippen LogP contribution in [-0.4, -0.2) is 20.7 Å². The van der Waals surface area contributed by atoms with E-state index >= 15 is 0 Å². The highest BCUT2D eigenvalue weighted by Gasteiger charge is 2.34. The number of nitrogens with two attached hydrogens (primary N) is 1. The summed E-state index contributed by atoms with van der Waals surface area (Å²) in [6, 6.07) is 9.41. The molecular formula is C19H16F3N7O. The normalized spacial score (nSPS) is 11.0. The zero-order valence-corrected chi connectivity index (χ0v) is 15.7. The van der Waals surface area contributed by atoms with E-state index in [0.29, 0.717) is 17.4 Å². The summed E-state index contributed by atoms with van der Waals surface area (Å²) in [7, 11) is 1.61. The number of rotatable bonds is 6. The van der Waals surface area contributed by atoms with Gasteiger partial charge in [-0.1, -0.05) is 18.2 Å². The third-order valence-electron chi connectivity index (χ3n) is 4.16. The molecule has 0 spiro atoms. The number of halogens is 3. The Hall–Kier alpha value is -4.07. The number of amides is 1. The summed E-state index contributed by atoms with van der Waals surface area (Å²) in [6.45, 7) is -0.0675. The highest BCUT2D eigenvalue weighted by Crippen LogP contribution is 2.36. The van der Waals surface area contributed by atoms with Crippen molar-refractivity contribution in [3.8, 4) is 6.07 Å². The Bertz CT molecular complexity index is 1130. The standard InChI is InChI=1S/C19H16F3N7O/c1-29-10-16(15(7-23)28-29)27-17-6-14(13(9-26-17)19(20,21)22)25-8-11-4-2-3-5-12(11)18(24)30/h2-6,9-10H,8H2,1H3,(H2,24,30)(H2,25,26,27). The van der Waals surface area contributed by atoms with E-state index in [0.717, 1.165) is 0 Å². The molecule has 30 heavy (non-hydrogen) atoms. The SMILES string of the molecule is Cn1cc(Nc2cc(NCc3ccccc3C(N)=O)c(C(F)(F)F)cn2)c(C#N)n1. The summed E-state index contributed by atoms with van der Waals surface area (Å²) in [5, 5.41) is 18.5. The van der Waals surface area contributed by atoms with Gasteiger partial charge in [-0.3, -0.25) is 9.48 Å². The van der Waals surface area contributed by atoms with Crippen LogP contribution in [0.2, 0.25) is 0 Å². The molecule has 3 aromatic rings. The Morgan fingerprint density at radius 2 is 2.03 bits per heavy atom. The quantitative estimate of drug-likeness (QED) is 0.569. The summed E-state index contributed by atoms with van der Waals surface area (Å²) in [5.41, 5.74) is 5.13. The Labute approximate surface area is 169 Å². The molecule has 0 fully saturated rings. The number of primary amides is 1. The van der Waals surface area contributed by atoms with E-state index in [4.69, 9.17) is 11.0 Å². The fourth-order valence-electron chi connectivity index (χ4n) is 2.80. The maximum absolute atomic E-state index is 13.4. The van der Waals surface area contributed by atoms with Crippen molar-refractivity contribution in [3.05, 3.63) is 65.1 Å². The molecule has 1 amide bonds. The number of benzene rings is 1. The van der Waals surface area contributed by atoms with Crippen LogP contribution < -0.4 is 16.4 Å². The smallest absolute Gasteiger partial charge is 0.380 e. The molecule has 8 nitrogen and oxygen atoms in total. The maximum Gasteiger partial charge on any atom is 0.419 e. The molecule has 2 aromatic heterocycles. The lowest BCUT2D eigenvalue weighted by Gasteiger charge is -2.16. The van der Waals surface area contributed by atoms with Gasteiger partial charge in [0.1, 0.15) is 11.9 Å². The van der Waals surface area contributed by atoms with Crippen molar-refractivity contribution in [1.82, 2.24) is 14.8 Å². The van der Waals surface area contributed by atoms with Crippen molar-refractivity contribution in [3.63, 3.8) is 0 Å². The van der Waals surface area contributed by atoms with Gasteiger partial charge in [0.25, 0.3) is 0 Å². The van der Waals surface area contributed by atoms with Crippen molar-refractivity contribution >= 4 is 23.1 Å². The molecule has 0 unspecified atom stereocenters. The number of carbonyl (C=O) groups excluding carboxylic acids is 1. The molecule has 2 heterocycles. The number of pyridine rings is 1. The predicted octanol–water partition coefficient (Wildman–Crippen LogP) is 3.16. The third-order valence-corrected chi connectivity index (χ3v) is 4.16. The van der Waals surface area contributed by atoms with Gasteiger partial charge >= 0.3 is 6.18 Å². The van der Waals surface area contributed by atoms with Crippen LogP contribution in [-0.2, 0) is 19.8 Å². The highest BCUT2D eigenvalue weighted by molar-refractivity contribution is 5.94. The number of anilines is 3. The molecule has 0 aliphatic carbocycles. The average molecular weight is 415 g/mol. The monoisotopic (exact) mass is 415 g/mol. The average Bonchev–Trinajstić information content (AvgIpc) is 3.05. The van der Waals surface area contributed by atoms with Gasteiger partial charge in [-0.25, -0.2) is 4.98 Å². The summed E-state index contributed by atoms with van der Waals surface area (Å²) in [6.07, 6.45) is -2.45. The number of hydrogen-bond acceptors (Lipinski definition) is 6. The van der Waals surface area contributed by atoms with E-state index < -0.39 is 17.6 Å². The first-order valence-electron chi connectivity index (χ1n) is 8.58. The van der Waals surface area contributed by atoms with Crippen LogP contribution in [0.4, 0.5) is 30.4 Å². The van der Waals surface area contributed by atoms with Crippen molar-refractivity contribution in [2.75, 3.05) is 10.6 Å². The number of nitrogens with zero attached hydrogens (tertiary/aromatic N) is 4. The van der Waals surface area contributed by atoms with E-state index in [2.05, 4.69) is 20.7 Å². The molecule has 1 aromatic carbocycles. The summed E-state index contributed by atoms with van der Waals surface area (Å²) in [4.78, 5) is 15.3. The van der Waals surface area contributed by atoms with Crippen molar-refractivity contribution in [1.29, 1.82) is 5.26 Å². The van der Waals surface area contributed by atoms with Crippen LogP contribution >= 0.6 is 0 Å². The fraction of sp³-hybridized carbons (Fsp3) is 0.158. The second kappa shape index (κ2) is 8.12. The van der Waals surface area contributed by atoms with Crippen molar-refractivity contribution in [2.45, 2.75) is 12.7 Å². The summed E-state index contributed by atoms with van der Waals surface area (Å²) in [5.74, 6) is -0.598. The van der Waals surface area contributed by atoms with Gasteiger partial charge in [0, 0.05) is 37.6 Å². The lowest BCUT2D eigenvalue weighted by molar-refractivity contribution is -0.137. The summed E-state index contributed by atoms with van der Waals surface area (Å²) >= 11 is 0. The van der Waals surface area contributed by atoms with Crippen LogP contribution in [0.5, 0.6) is 0 Å². The minimum atomic E-state index is -4.65. The molecule has 0 saturated carbocycles. The van der Waals surface area contributed by atoms with Crippen LogP contribution in [0.3, 0.4) is 0 Å². The molecule has 4 N–H and O–H groups in total. The van der Waals surface area contributed by atoms with Crippen LogP contribution in [0.1, 0.15) is 27.2 Å². The number of carbonyl (C=O) groups is 1.